The van der Waals surface area contributed by atoms with E-state index in [0.717, 1.165) is 23.2 Å². The minimum absolute atomic E-state index is 0.0146. The van der Waals surface area contributed by atoms with Gasteiger partial charge in [0.05, 0.1) is 6.42 Å². The number of rotatable bonds is 2. The van der Waals surface area contributed by atoms with Gasteiger partial charge >= 0.3 is 0 Å². The standard InChI is InChI=1S/C17H15ClN2O/c18-14-8-15-10(7-16(21)20-15)6-13(14)17(19)12-5-9-3-1-2-4-11(9)12/h1-4,6,8,12,17H,5,7,19H2,(H,20,21). The molecule has 3 N–H and O–H groups in total. The predicted molar refractivity (Wildman–Crippen MR) is 83.6 cm³/mol. The van der Waals surface area contributed by atoms with Gasteiger partial charge in [-0.25, -0.2) is 0 Å². The molecule has 0 fully saturated rings. The molecule has 0 saturated carbocycles. The maximum Gasteiger partial charge on any atom is 0.228 e. The Bertz CT molecular complexity index is 756. The number of nitrogens with one attached hydrogen (secondary N) is 1. The third kappa shape index (κ3) is 1.96. The lowest BCUT2D eigenvalue weighted by Crippen LogP contribution is -2.29. The van der Waals surface area contributed by atoms with Crippen molar-refractivity contribution >= 4 is 23.2 Å². The van der Waals surface area contributed by atoms with Crippen molar-refractivity contribution < 1.29 is 4.79 Å². The van der Waals surface area contributed by atoms with Crippen LogP contribution in [-0.4, -0.2) is 5.91 Å². The lowest BCUT2D eigenvalue weighted by atomic mass is 9.72. The first-order valence-corrected chi connectivity index (χ1v) is 7.47. The number of hydrogen-bond acceptors (Lipinski definition) is 2. The van der Waals surface area contributed by atoms with Gasteiger partial charge in [0.1, 0.15) is 0 Å². The maximum atomic E-state index is 11.5. The fourth-order valence-corrected chi connectivity index (χ4v) is 3.65. The molecule has 3 nitrogen and oxygen atoms in total. The molecule has 2 aromatic rings. The van der Waals surface area contributed by atoms with E-state index in [4.69, 9.17) is 17.3 Å². The fourth-order valence-electron chi connectivity index (χ4n) is 3.36. The van der Waals surface area contributed by atoms with E-state index in [1.165, 1.54) is 11.1 Å². The summed E-state index contributed by atoms with van der Waals surface area (Å²) in [5, 5.41) is 3.45. The number of nitrogens with two attached hydrogens (primary N) is 1. The Hall–Kier alpha value is -1.84. The van der Waals surface area contributed by atoms with Gasteiger partial charge in [0.15, 0.2) is 0 Å². The molecule has 0 aromatic heterocycles. The average molecular weight is 299 g/mol. The highest BCUT2D eigenvalue weighted by molar-refractivity contribution is 6.32. The van der Waals surface area contributed by atoms with Crippen LogP contribution in [0.3, 0.4) is 0 Å². The summed E-state index contributed by atoms with van der Waals surface area (Å²) in [7, 11) is 0. The molecule has 0 saturated heterocycles. The zero-order valence-electron chi connectivity index (χ0n) is 11.4. The SMILES string of the molecule is NC(c1cc2c(cc1Cl)NC(=O)C2)C1Cc2ccccc21. The number of anilines is 1. The van der Waals surface area contributed by atoms with Crippen LogP contribution < -0.4 is 11.1 Å². The number of fused-ring (bicyclic) bond motifs is 2. The van der Waals surface area contributed by atoms with Crippen LogP contribution >= 0.6 is 11.6 Å². The van der Waals surface area contributed by atoms with Crippen molar-refractivity contribution in [1.82, 2.24) is 0 Å². The summed E-state index contributed by atoms with van der Waals surface area (Å²) in [4.78, 5) is 11.5. The molecule has 1 heterocycles. The van der Waals surface area contributed by atoms with Crippen LogP contribution in [-0.2, 0) is 17.6 Å². The molecule has 2 aromatic carbocycles. The van der Waals surface area contributed by atoms with E-state index in [1.807, 2.05) is 18.2 Å². The van der Waals surface area contributed by atoms with Crippen LogP contribution in [0, 0.1) is 0 Å². The molecular formula is C17H15ClN2O. The van der Waals surface area contributed by atoms with Crippen molar-refractivity contribution in [2.45, 2.75) is 24.8 Å². The van der Waals surface area contributed by atoms with Crippen LogP contribution in [0.25, 0.3) is 0 Å². The highest BCUT2D eigenvalue weighted by Gasteiger charge is 2.33. The normalized spacial score (nSPS) is 20.3. The van der Waals surface area contributed by atoms with E-state index >= 15 is 0 Å². The summed E-state index contributed by atoms with van der Waals surface area (Å²) in [6, 6.07) is 12.1. The molecule has 2 aliphatic rings. The lowest BCUT2D eigenvalue weighted by Gasteiger charge is -2.35. The van der Waals surface area contributed by atoms with Crippen LogP contribution in [0.4, 0.5) is 5.69 Å². The van der Waals surface area contributed by atoms with Crippen LogP contribution in [0.2, 0.25) is 5.02 Å². The molecule has 2 atom stereocenters. The molecule has 106 valence electrons. The Balaban J connectivity index is 1.69. The van der Waals surface area contributed by atoms with Crippen molar-refractivity contribution in [1.29, 1.82) is 0 Å². The second-order valence-electron chi connectivity index (χ2n) is 5.79. The van der Waals surface area contributed by atoms with Gasteiger partial charge in [0.2, 0.25) is 5.91 Å². The first-order valence-electron chi connectivity index (χ1n) is 7.09. The molecule has 1 amide bonds. The second-order valence-corrected chi connectivity index (χ2v) is 6.20. The zero-order chi connectivity index (χ0) is 14.6. The molecule has 1 aliphatic carbocycles. The summed E-state index contributed by atoms with van der Waals surface area (Å²) in [5.41, 5.74) is 11.9. The van der Waals surface area contributed by atoms with E-state index in [9.17, 15) is 4.79 Å². The lowest BCUT2D eigenvalue weighted by molar-refractivity contribution is -0.115. The highest BCUT2D eigenvalue weighted by atomic mass is 35.5. The van der Waals surface area contributed by atoms with Gasteiger partial charge in [-0.05, 0) is 34.7 Å². The van der Waals surface area contributed by atoms with Crippen molar-refractivity contribution in [3.63, 3.8) is 0 Å². The van der Waals surface area contributed by atoms with E-state index < -0.39 is 0 Å². The molecule has 2 unspecified atom stereocenters. The largest absolute Gasteiger partial charge is 0.325 e. The first kappa shape index (κ1) is 12.9. The van der Waals surface area contributed by atoms with E-state index in [0.29, 0.717) is 17.4 Å². The summed E-state index contributed by atoms with van der Waals surface area (Å²) in [6.07, 6.45) is 1.40. The monoisotopic (exact) mass is 298 g/mol. The third-order valence-electron chi connectivity index (χ3n) is 4.53. The maximum absolute atomic E-state index is 11.5. The summed E-state index contributed by atoms with van der Waals surface area (Å²) >= 11 is 6.37. The van der Waals surface area contributed by atoms with E-state index in [1.54, 1.807) is 0 Å². The number of halogens is 1. The molecule has 0 spiro atoms. The number of hydrogen-bond donors (Lipinski definition) is 2. The number of carbonyl (C=O) groups is 1. The van der Waals surface area contributed by atoms with Crippen LogP contribution in [0.15, 0.2) is 36.4 Å². The average Bonchev–Trinajstić information content (AvgIpc) is 2.78. The fraction of sp³-hybridized carbons (Fsp3) is 0.235. The molecule has 0 radical (unpaired) electrons. The van der Waals surface area contributed by atoms with Gasteiger partial charge in [0.25, 0.3) is 0 Å². The Labute approximate surface area is 128 Å². The van der Waals surface area contributed by atoms with E-state index in [2.05, 4.69) is 23.5 Å². The molecule has 4 rings (SSSR count). The van der Waals surface area contributed by atoms with Crippen molar-refractivity contribution in [2.75, 3.05) is 5.32 Å². The topological polar surface area (TPSA) is 55.1 Å². The molecule has 21 heavy (non-hydrogen) atoms. The van der Waals surface area contributed by atoms with Gasteiger partial charge in [-0.15, -0.1) is 0 Å². The Kier molecular flexibility index (Phi) is 2.81. The summed E-state index contributed by atoms with van der Waals surface area (Å²) < 4.78 is 0. The molecule has 1 aliphatic heterocycles. The second kappa shape index (κ2) is 4.58. The van der Waals surface area contributed by atoms with Gasteiger partial charge in [-0.3, -0.25) is 4.79 Å². The first-order chi connectivity index (χ1) is 10.1. The molecule has 4 heteroatoms. The minimum atomic E-state index is -0.131. The Morgan fingerprint density at radius 3 is 2.86 bits per heavy atom. The number of amides is 1. The molecule has 0 bridgehead atoms. The van der Waals surface area contributed by atoms with Crippen molar-refractivity contribution in [2.24, 2.45) is 5.73 Å². The Morgan fingerprint density at radius 2 is 2.05 bits per heavy atom. The Morgan fingerprint density at radius 1 is 1.24 bits per heavy atom. The van der Waals surface area contributed by atoms with E-state index in [-0.39, 0.29) is 11.9 Å². The van der Waals surface area contributed by atoms with Gasteiger partial charge in [-0.1, -0.05) is 41.9 Å². The zero-order valence-corrected chi connectivity index (χ0v) is 12.2. The smallest absolute Gasteiger partial charge is 0.228 e. The van der Waals surface area contributed by atoms with Crippen molar-refractivity contribution in [3.8, 4) is 0 Å². The van der Waals surface area contributed by atoms with Crippen LogP contribution in [0.5, 0.6) is 0 Å². The van der Waals surface area contributed by atoms with Gasteiger partial charge < -0.3 is 11.1 Å². The molecular weight excluding hydrogens is 284 g/mol. The summed E-state index contributed by atoms with van der Waals surface area (Å²) in [6.45, 7) is 0. The quantitative estimate of drug-likeness (QED) is 0.895. The number of carbonyl (C=O) groups excluding carboxylic acids is 1. The third-order valence-corrected chi connectivity index (χ3v) is 4.86. The van der Waals surface area contributed by atoms with Crippen molar-refractivity contribution in [3.05, 3.63) is 63.7 Å². The summed E-state index contributed by atoms with van der Waals surface area (Å²) in [5.74, 6) is 0.322. The number of benzene rings is 2. The predicted octanol–water partition coefficient (Wildman–Crippen LogP) is 3.17. The van der Waals surface area contributed by atoms with Gasteiger partial charge in [-0.2, -0.15) is 0 Å². The van der Waals surface area contributed by atoms with Crippen LogP contribution in [0.1, 0.15) is 34.2 Å². The minimum Gasteiger partial charge on any atom is -0.325 e. The highest BCUT2D eigenvalue weighted by Crippen LogP contribution is 2.44. The van der Waals surface area contributed by atoms with Gasteiger partial charge in [0, 0.05) is 22.7 Å².